The molecule has 1 aromatic heterocycles. The van der Waals surface area contributed by atoms with E-state index in [1.165, 1.54) is 0 Å². The first-order chi connectivity index (χ1) is 12.5. The molecule has 8 heteroatoms. The summed E-state index contributed by atoms with van der Waals surface area (Å²) in [5, 5.41) is 14.7. The van der Waals surface area contributed by atoms with Crippen molar-refractivity contribution in [2.75, 3.05) is 6.61 Å². The van der Waals surface area contributed by atoms with Gasteiger partial charge < -0.3 is 14.4 Å². The summed E-state index contributed by atoms with van der Waals surface area (Å²) in [6.07, 6.45) is 1.58. The number of rotatable bonds is 5. The SMILES string of the molecule is CCOc1cc(/C=C(\Cl)c2nc(-c3ccccc3Cl)no2)cc(Cl)c1O. The predicted octanol–water partition coefficient (Wildman–Crippen LogP) is 5.88. The van der Waals surface area contributed by atoms with Crippen LogP contribution in [0.15, 0.2) is 40.9 Å². The van der Waals surface area contributed by atoms with Gasteiger partial charge in [-0.15, -0.1) is 0 Å². The molecule has 0 fully saturated rings. The van der Waals surface area contributed by atoms with E-state index in [0.717, 1.165) is 0 Å². The Labute approximate surface area is 164 Å². The summed E-state index contributed by atoms with van der Waals surface area (Å²) in [4.78, 5) is 4.26. The van der Waals surface area contributed by atoms with Crippen LogP contribution in [0.2, 0.25) is 10.0 Å². The highest BCUT2D eigenvalue weighted by Gasteiger charge is 2.15. The smallest absolute Gasteiger partial charge is 0.269 e. The molecule has 0 amide bonds. The molecular formula is C18H13Cl3N2O3. The average molecular weight is 412 g/mol. The minimum absolute atomic E-state index is 0.124. The van der Waals surface area contributed by atoms with Gasteiger partial charge in [0.05, 0.1) is 16.7 Å². The quantitative estimate of drug-likeness (QED) is 0.567. The van der Waals surface area contributed by atoms with Gasteiger partial charge in [0.2, 0.25) is 5.82 Å². The number of ether oxygens (including phenoxy) is 1. The van der Waals surface area contributed by atoms with E-state index < -0.39 is 0 Å². The van der Waals surface area contributed by atoms with Gasteiger partial charge in [0.25, 0.3) is 5.89 Å². The van der Waals surface area contributed by atoms with Crippen LogP contribution in [0.5, 0.6) is 11.5 Å². The van der Waals surface area contributed by atoms with E-state index in [1.54, 1.807) is 37.3 Å². The van der Waals surface area contributed by atoms with Gasteiger partial charge in [-0.25, -0.2) is 0 Å². The van der Waals surface area contributed by atoms with Crippen LogP contribution in [0.3, 0.4) is 0 Å². The normalized spacial score (nSPS) is 11.6. The molecule has 0 radical (unpaired) electrons. The molecule has 0 bridgehead atoms. The van der Waals surface area contributed by atoms with Crippen molar-refractivity contribution in [3.63, 3.8) is 0 Å². The summed E-state index contributed by atoms with van der Waals surface area (Å²) >= 11 is 18.4. The molecule has 1 N–H and O–H groups in total. The molecule has 0 aliphatic rings. The minimum atomic E-state index is -0.124. The number of hydrogen-bond acceptors (Lipinski definition) is 5. The molecule has 0 aliphatic heterocycles. The van der Waals surface area contributed by atoms with Crippen LogP contribution in [0.4, 0.5) is 0 Å². The first-order valence-electron chi connectivity index (χ1n) is 7.61. The Kier molecular flexibility index (Phi) is 5.71. The number of aromatic nitrogens is 2. The highest BCUT2D eigenvalue weighted by atomic mass is 35.5. The highest BCUT2D eigenvalue weighted by Crippen LogP contribution is 2.36. The van der Waals surface area contributed by atoms with Crippen LogP contribution < -0.4 is 4.74 Å². The van der Waals surface area contributed by atoms with E-state index in [0.29, 0.717) is 28.6 Å². The lowest BCUT2D eigenvalue weighted by molar-refractivity contribution is 0.318. The van der Waals surface area contributed by atoms with Gasteiger partial charge in [0.1, 0.15) is 5.03 Å². The Morgan fingerprint density at radius 3 is 2.73 bits per heavy atom. The molecule has 0 aliphatic carbocycles. The second-order valence-electron chi connectivity index (χ2n) is 5.18. The van der Waals surface area contributed by atoms with Gasteiger partial charge in [0.15, 0.2) is 11.5 Å². The Morgan fingerprint density at radius 1 is 1.23 bits per heavy atom. The molecule has 0 unspecified atom stereocenters. The van der Waals surface area contributed by atoms with Crippen molar-refractivity contribution in [3.8, 4) is 22.9 Å². The molecule has 0 atom stereocenters. The lowest BCUT2D eigenvalue weighted by atomic mass is 10.2. The second-order valence-corrected chi connectivity index (χ2v) is 6.40. The Bertz CT molecular complexity index is 970. The van der Waals surface area contributed by atoms with E-state index in [1.807, 2.05) is 12.1 Å². The molecule has 134 valence electrons. The summed E-state index contributed by atoms with van der Waals surface area (Å²) < 4.78 is 10.6. The Balaban J connectivity index is 1.93. The molecule has 3 aromatic rings. The van der Waals surface area contributed by atoms with Crippen molar-refractivity contribution >= 4 is 45.9 Å². The third-order valence-corrected chi connectivity index (χ3v) is 4.28. The van der Waals surface area contributed by atoms with E-state index in [9.17, 15) is 5.11 Å². The molecule has 1 heterocycles. The lowest BCUT2D eigenvalue weighted by Crippen LogP contribution is -1.92. The molecule has 2 aromatic carbocycles. The number of hydrogen-bond donors (Lipinski definition) is 1. The van der Waals surface area contributed by atoms with Crippen molar-refractivity contribution in [1.29, 1.82) is 0 Å². The third kappa shape index (κ3) is 3.96. The van der Waals surface area contributed by atoms with E-state index in [4.69, 9.17) is 44.1 Å². The lowest BCUT2D eigenvalue weighted by Gasteiger charge is -2.08. The summed E-state index contributed by atoms with van der Waals surface area (Å²) in [5.41, 5.74) is 1.25. The molecule has 26 heavy (non-hydrogen) atoms. The third-order valence-electron chi connectivity index (χ3n) is 3.39. The molecule has 3 rings (SSSR count). The van der Waals surface area contributed by atoms with E-state index >= 15 is 0 Å². The summed E-state index contributed by atoms with van der Waals surface area (Å²) in [5.74, 6) is 0.596. The first-order valence-corrected chi connectivity index (χ1v) is 8.74. The van der Waals surface area contributed by atoms with Crippen LogP contribution in [0.1, 0.15) is 18.4 Å². The number of nitrogens with zero attached hydrogens (tertiary/aromatic N) is 2. The molecule has 0 saturated carbocycles. The molecule has 0 spiro atoms. The fourth-order valence-corrected chi connectivity index (χ4v) is 2.87. The monoisotopic (exact) mass is 410 g/mol. The minimum Gasteiger partial charge on any atom is -0.503 e. The number of benzene rings is 2. The van der Waals surface area contributed by atoms with Crippen molar-refractivity contribution in [2.24, 2.45) is 0 Å². The van der Waals surface area contributed by atoms with Crippen molar-refractivity contribution in [2.45, 2.75) is 6.92 Å². The van der Waals surface area contributed by atoms with Gasteiger partial charge in [-0.3, -0.25) is 0 Å². The first kappa shape index (κ1) is 18.6. The van der Waals surface area contributed by atoms with Crippen molar-refractivity contribution in [3.05, 3.63) is 57.9 Å². The topological polar surface area (TPSA) is 68.4 Å². The van der Waals surface area contributed by atoms with Crippen LogP contribution in [0, 0.1) is 0 Å². The largest absolute Gasteiger partial charge is 0.503 e. The zero-order chi connectivity index (χ0) is 18.7. The van der Waals surface area contributed by atoms with Gasteiger partial charge in [-0.2, -0.15) is 4.98 Å². The van der Waals surface area contributed by atoms with Gasteiger partial charge >= 0.3 is 0 Å². The zero-order valence-corrected chi connectivity index (χ0v) is 15.8. The van der Waals surface area contributed by atoms with Crippen LogP contribution in [0.25, 0.3) is 22.5 Å². The molecule has 0 saturated heterocycles. The van der Waals surface area contributed by atoms with Crippen molar-refractivity contribution < 1.29 is 14.4 Å². The fraction of sp³-hybridized carbons (Fsp3) is 0.111. The Hall–Kier alpha value is -2.21. The molecule has 5 nitrogen and oxygen atoms in total. The summed E-state index contributed by atoms with van der Waals surface area (Å²) in [6.45, 7) is 2.19. The summed E-state index contributed by atoms with van der Waals surface area (Å²) in [7, 11) is 0. The molecular weight excluding hydrogens is 399 g/mol. The highest BCUT2D eigenvalue weighted by molar-refractivity contribution is 6.50. The van der Waals surface area contributed by atoms with E-state index in [2.05, 4.69) is 10.1 Å². The average Bonchev–Trinajstić information content (AvgIpc) is 3.10. The van der Waals surface area contributed by atoms with Gasteiger partial charge in [0, 0.05) is 5.56 Å². The Morgan fingerprint density at radius 2 is 2.00 bits per heavy atom. The van der Waals surface area contributed by atoms with Gasteiger partial charge in [-0.1, -0.05) is 52.1 Å². The van der Waals surface area contributed by atoms with Crippen molar-refractivity contribution in [1.82, 2.24) is 10.1 Å². The van der Waals surface area contributed by atoms with Gasteiger partial charge in [-0.05, 0) is 42.8 Å². The van der Waals surface area contributed by atoms with Crippen LogP contribution in [-0.4, -0.2) is 21.9 Å². The standard InChI is InChI=1S/C18H13Cl3N2O3/c1-2-25-15-9-10(7-13(20)16(15)24)8-14(21)18-22-17(23-26-18)11-5-3-4-6-12(11)19/h3-9,24H,2H2,1H3/b14-8-. The number of phenolic OH excluding ortho intramolecular Hbond substituents is 1. The van der Waals surface area contributed by atoms with Crippen LogP contribution >= 0.6 is 34.8 Å². The predicted molar refractivity (Wildman–Crippen MR) is 103 cm³/mol. The van der Waals surface area contributed by atoms with Crippen LogP contribution in [-0.2, 0) is 0 Å². The van der Waals surface area contributed by atoms with E-state index in [-0.39, 0.29) is 27.4 Å². The fourth-order valence-electron chi connectivity index (χ4n) is 2.22. The zero-order valence-electron chi connectivity index (χ0n) is 13.5. The maximum atomic E-state index is 9.90. The maximum Gasteiger partial charge on any atom is 0.269 e. The number of phenols is 1. The maximum absolute atomic E-state index is 9.90. The number of halogens is 3. The number of aromatic hydroxyl groups is 1. The summed E-state index contributed by atoms with van der Waals surface area (Å²) in [6, 6.07) is 10.3. The second kappa shape index (κ2) is 7.99.